The highest BCUT2D eigenvalue weighted by Gasteiger charge is 2.34. The number of hydroxylamine groups is 1. The Kier molecular flexibility index (Phi) is 10.3. The number of hydrogen-bond donors (Lipinski definition) is 4. The average Bonchev–Trinajstić information content (AvgIpc) is 2.84. The third-order valence-corrected chi connectivity index (χ3v) is 5.04. The fraction of sp³-hybridized carbons (Fsp3) is 0.320. The molecule has 0 unspecified atom stereocenters. The van der Waals surface area contributed by atoms with Gasteiger partial charge in [-0.15, -0.1) is 0 Å². The highest BCUT2D eigenvalue weighted by atomic mass is 16.6. The fourth-order valence-electron chi connectivity index (χ4n) is 3.31. The number of aliphatic hydroxyl groups excluding tert-OH is 1. The van der Waals surface area contributed by atoms with Crippen molar-refractivity contribution in [2.75, 3.05) is 13.2 Å². The summed E-state index contributed by atoms with van der Waals surface area (Å²) in [5.41, 5.74) is 1.86. The van der Waals surface area contributed by atoms with E-state index in [0.717, 1.165) is 0 Å². The number of aliphatic hydroxyl groups is 1. The third-order valence-electron chi connectivity index (χ3n) is 5.04. The molecule has 4 N–H and O–H groups in total. The Morgan fingerprint density at radius 1 is 1.09 bits per heavy atom. The van der Waals surface area contributed by atoms with Gasteiger partial charge in [0.05, 0.1) is 6.61 Å². The second-order valence-electron chi connectivity index (χ2n) is 8.16. The van der Waals surface area contributed by atoms with Crippen molar-refractivity contribution in [3.05, 3.63) is 77.9 Å². The molecule has 0 saturated carbocycles. The Morgan fingerprint density at radius 3 is 2.50 bits per heavy atom. The van der Waals surface area contributed by atoms with E-state index in [9.17, 15) is 14.4 Å². The Labute approximate surface area is 198 Å². The quantitative estimate of drug-likeness (QED) is 0.224. The first-order chi connectivity index (χ1) is 16.3. The number of benzene rings is 2. The highest BCUT2D eigenvalue weighted by molar-refractivity contribution is 6.02. The van der Waals surface area contributed by atoms with Gasteiger partial charge in [0.2, 0.25) is 0 Å². The van der Waals surface area contributed by atoms with Crippen molar-refractivity contribution in [3.63, 3.8) is 0 Å². The molecule has 0 fully saturated rings. The summed E-state index contributed by atoms with van der Waals surface area (Å²) < 4.78 is 11.2. The zero-order valence-corrected chi connectivity index (χ0v) is 19.2. The normalized spacial score (nSPS) is 12.1. The van der Waals surface area contributed by atoms with Crippen LogP contribution in [0, 0.1) is 5.41 Å². The minimum atomic E-state index is -0.899. The summed E-state index contributed by atoms with van der Waals surface area (Å²) in [5, 5.41) is 19.9. The van der Waals surface area contributed by atoms with Crippen LogP contribution in [0.3, 0.4) is 0 Å². The van der Waals surface area contributed by atoms with E-state index in [-0.39, 0.29) is 13.2 Å². The number of carbonyl (C=O) groups excluding carboxylic acids is 3. The molecule has 1 atom stereocenters. The maximum absolute atomic E-state index is 12.7. The largest absolute Gasteiger partial charge is 0.491 e. The van der Waals surface area contributed by atoms with Crippen molar-refractivity contribution >= 4 is 17.9 Å². The summed E-state index contributed by atoms with van der Waals surface area (Å²) in [5.74, 6) is -0.727. The Bertz CT molecular complexity index is 990. The number of carbonyl (C=O) groups is 3. The first kappa shape index (κ1) is 26.6. The molecule has 0 radical (unpaired) electrons. The molecule has 0 spiro atoms. The molecular weight excluding hydrogens is 440 g/mol. The molecule has 9 heteroatoms. The van der Waals surface area contributed by atoms with E-state index in [4.69, 9.17) is 19.8 Å². The van der Waals surface area contributed by atoms with E-state index in [2.05, 4.69) is 5.32 Å². The molecule has 0 aliphatic rings. The van der Waals surface area contributed by atoms with Crippen molar-refractivity contribution in [1.29, 1.82) is 0 Å². The van der Waals surface area contributed by atoms with Crippen LogP contribution < -0.4 is 15.5 Å². The van der Waals surface area contributed by atoms with Crippen LogP contribution in [-0.2, 0) is 9.53 Å². The van der Waals surface area contributed by atoms with Crippen molar-refractivity contribution in [3.8, 4) is 5.75 Å². The summed E-state index contributed by atoms with van der Waals surface area (Å²) in [6.07, 6.45) is 2.11. The Balaban J connectivity index is 2.22. The summed E-state index contributed by atoms with van der Waals surface area (Å²) >= 11 is 0. The summed E-state index contributed by atoms with van der Waals surface area (Å²) in [6, 6.07) is 15.3. The first-order valence-corrected chi connectivity index (χ1v) is 10.8. The lowest BCUT2D eigenvalue weighted by Crippen LogP contribution is -2.35. The summed E-state index contributed by atoms with van der Waals surface area (Å²) in [6.45, 7) is 3.76. The van der Waals surface area contributed by atoms with Gasteiger partial charge in [0.1, 0.15) is 18.5 Å². The average molecular weight is 471 g/mol. The predicted molar refractivity (Wildman–Crippen MR) is 124 cm³/mol. The zero-order valence-electron chi connectivity index (χ0n) is 19.2. The number of allylic oxidation sites excluding steroid dienone is 1. The third kappa shape index (κ3) is 8.34. The van der Waals surface area contributed by atoms with E-state index in [0.29, 0.717) is 29.7 Å². The monoisotopic (exact) mass is 470 g/mol. The number of imide groups is 1. The number of ether oxygens (including phenoxy) is 2. The van der Waals surface area contributed by atoms with Crippen LogP contribution in [0.4, 0.5) is 4.79 Å². The van der Waals surface area contributed by atoms with Crippen molar-refractivity contribution in [1.82, 2.24) is 10.8 Å². The van der Waals surface area contributed by atoms with Gasteiger partial charge in [-0.1, -0.05) is 50.3 Å². The number of hydrogen-bond acceptors (Lipinski definition) is 7. The van der Waals surface area contributed by atoms with Crippen LogP contribution in [0.25, 0.3) is 0 Å². The van der Waals surface area contributed by atoms with Gasteiger partial charge < -0.3 is 14.6 Å². The maximum Gasteiger partial charge on any atom is 0.414 e. The summed E-state index contributed by atoms with van der Waals surface area (Å²) in [4.78, 5) is 36.2. The van der Waals surface area contributed by atoms with Gasteiger partial charge in [0.15, 0.2) is 0 Å². The Hall–Kier alpha value is -3.69. The van der Waals surface area contributed by atoms with Gasteiger partial charge in [-0.3, -0.25) is 20.1 Å². The number of nitrogens with one attached hydrogen (secondary N) is 2. The second kappa shape index (κ2) is 13.1. The molecule has 2 aromatic carbocycles. The Morgan fingerprint density at radius 2 is 1.82 bits per heavy atom. The van der Waals surface area contributed by atoms with Crippen LogP contribution in [0.5, 0.6) is 5.75 Å². The van der Waals surface area contributed by atoms with Crippen molar-refractivity contribution in [2.24, 2.45) is 5.41 Å². The van der Waals surface area contributed by atoms with E-state index in [1.807, 2.05) is 13.8 Å². The first-order valence-electron chi connectivity index (χ1n) is 10.8. The van der Waals surface area contributed by atoms with Gasteiger partial charge in [-0.25, -0.2) is 10.3 Å². The lowest BCUT2D eigenvalue weighted by molar-refractivity contribution is -0.124. The van der Waals surface area contributed by atoms with Gasteiger partial charge in [-0.05, 0) is 42.7 Å². The SMILES string of the molecule is CC(C)(CC/C=C/C(=O)NO)[C@@H](OC(=O)NC(=O)c1ccccc1)c1cccc(OCCO)c1. The predicted octanol–water partition coefficient (Wildman–Crippen LogP) is 3.53. The number of amides is 3. The topological polar surface area (TPSA) is 134 Å². The van der Waals surface area contributed by atoms with Crippen LogP contribution >= 0.6 is 0 Å². The minimum Gasteiger partial charge on any atom is -0.491 e. The molecule has 0 bridgehead atoms. The number of rotatable bonds is 11. The van der Waals surface area contributed by atoms with E-state index < -0.39 is 29.4 Å². The van der Waals surface area contributed by atoms with Gasteiger partial charge in [0.25, 0.3) is 11.8 Å². The zero-order chi connectivity index (χ0) is 25.0. The smallest absolute Gasteiger partial charge is 0.414 e. The van der Waals surface area contributed by atoms with Crippen molar-refractivity contribution in [2.45, 2.75) is 32.8 Å². The van der Waals surface area contributed by atoms with Gasteiger partial charge >= 0.3 is 6.09 Å². The molecule has 2 rings (SSSR count). The molecule has 0 aromatic heterocycles. The van der Waals surface area contributed by atoms with Crippen LogP contribution in [-0.4, -0.2) is 41.4 Å². The fourth-order valence-corrected chi connectivity index (χ4v) is 3.31. The van der Waals surface area contributed by atoms with Gasteiger partial charge in [-0.2, -0.15) is 0 Å². The highest BCUT2D eigenvalue weighted by Crippen LogP contribution is 2.41. The molecular formula is C25H30N2O7. The minimum absolute atomic E-state index is 0.113. The lowest BCUT2D eigenvalue weighted by atomic mass is 9.78. The summed E-state index contributed by atoms with van der Waals surface area (Å²) in [7, 11) is 0. The molecule has 34 heavy (non-hydrogen) atoms. The molecule has 0 heterocycles. The van der Waals surface area contributed by atoms with E-state index in [1.165, 1.54) is 11.6 Å². The maximum atomic E-state index is 12.7. The standard InChI is InChI=1S/C25H30N2O7/c1-25(2,14-7-6-13-21(29)27-32)22(19-11-8-12-20(17-19)33-16-15-28)34-24(31)26-23(30)18-9-4-3-5-10-18/h3-6,8-13,17,22,28,32H,7,14-16H2,1-2H3,(H,27,29)(H,26,30,31)/b13-6+/t22-/m0/s1. The molecule has 0 aliphatic carbocycles. The molecule has 182 valence electrons. The van der Waals surface area contributed by atoms with Gasteiger partial charge in [0, 0.05) is 17.1 Å². The second-order valence-corrected chi connectivity index (χ2v) is 8.16. The molecule has 0 aliphatic heterocycles. The van der Waals surface area contributed by atoms with Crippen molar-refractivity contribution < 1.29 is 34.2 Å². The van der Waals surface area contributed by atoms with Crippen LogP contribution in [0.1, 0.15) is 48.7 Å². The molecule has 3 amide bonds. The van der Waals surface area contributed by atoms with E-state index >= 15 is 0 Å². The molecule has 2 aromatic rings. The van der Waals surface area contributed by atoms with E-state index in [1.54, 1.807) is 60.7 Å². The molecule has 0 saturated heterocycles. The van der Waals surface area contributed by atoms with Crippen LogP contribution in [0.2, 0.25) is 0 Å². The molecule has 9 nitrogen and oxygen atoms in total. The lowest BCUT2D eigenvalue weighted by Gasteiger charge is -2.34. The van der Waals surface area contributed by atoms with Crippen LogP contribution in [0.15, 0.2) is 66.7 Å². The number of alkyl carbamates (subject to hydrolysis) is 1.